The molecule has 1 atom stereocenters. The van der Waals surface area contributed by atoms with Crippen molar-refractivity contribution in [2.75, 3.05) is 5.32 Å². The van der Waals surface area contributed by atoms with Crippen LogP contribution >= 0.6 is 0 Å². The Balaban J connectivity index is 1.82. The monoisotopic (exact) mass is 281 g/mol. The van der Waals surface area contributed by atoms with Crippen LogP contribution in [0.4, 0.5) is 5.69 Å². The molecule has 0 aliphatic heterocycles. The van der Waals surface area contributed by atoms with E-state index in [1.165, 1.54) is 5.56 Å². The van der Waals surface area contributed by atoms with Gasteiger partial charge in [0.1, 0.15) is 11.5 Å². The molecule has 108 valence electrons. The fourth-order valence-corrected chi connectivity index (χ4v) is 2.57. The molecule has 0 bridgehead atoms. The molecule has 3 rings (SSSR count). The third-order valence-electron chi connectivity index (χ3n) is 3.54. The van der Waals surface area contributed by atoms with Gasteiger partial charge in [0.15, 0.2) is 0 Å². The third kappa shape index (κ3) is 2.84. The summed E-state index contributed by atoms with van der Waals surface area (Å²) in [6.07, 6.45) is 3.71. The molecule has 2 aromatic heterocycles. The zero-order valence-electron chi connectivity index (χ0n) is 12.5. The molecule has 0 saturated heterocycles. The highest BCUT2D eigenvalue weighted by atomic mass is 16.3. The summed E-state index contributed by atoms with van der Waals surface area (Å²) in [5, 5.41) is 7.77. The Bertz CT molecular complexity index is 728. The van der Waals surface area contributed by atoms with Gasteiger partial charge in [-0.2, -0.15) is 5.10 Å². The SMILES string of the molecule is Cc1cc(C(C)Nc2cccc(-n3cccn3)c2)c(C)o1. The minimum atomic E-state index is 0.190. The molecule has 0 fully saturated rings. The molecule has 0 aliphatic rings. The van der Waals surface area contributed by atoms with Crippen LogP contribution in [0.15, 0.2) is 53.2 Å². The fourth-order valence-electron chi connectivity index (χ4n) is 2.57. The van der Waals surface area contributed by atoms with Gasteiger partial charge in [-0.1, -0.05) is 6.07 Å². The van der Waals surface area contributed by atoms with Gasteiger partial charge in [0, 0.05) is 23.6 Å². The van der Waals surface area contributed by atoms with Gasteiger partial charge in [-0.25, -0.2) is 4.68 Å². The molecular formula is C17H19N3O. The Morgan fingerprint density at radius 3 is 2.71 bits per heavy atom. The number of nitrogens with zero attached hydrogens (tertiary/aromatic N) is 2. The smallest absolute Gasteiger partial charge is 0.106 e. The Hall–Kier alpha value is -2.49. The Kier molecular flexibility index (Phi) is 3.52. The largest absolute Gasteiger partial charge is 0.466 e. The van der Waals surface area contributed by atoms with Gasteiger partial charge in [-0.3, -0.25) is 0 Å². The summed E-state index contributed by atoms with van der Waals surface area (Å²) in [4.78, 5) is 0. The fraction of sp³-hybridized carbons (Fsp3) is 0.235. The maximum absolute atomic E-state index is 5.60. The summed E-state index contributed by atoms with van der Waals surface area (Å²) in [7, 11) is 0. The molecule has 0 radical (unpaired) electrons. The van der Waals surface area contributed by atoms with Crippen molar-refractivity contribution in [2.45, 2.75) is 26.8 Å². The van der Waals surface area contributed by atoms with Crippen molar-refractivity contribution in [1.82, 2.24) is 9.78 Å². The first kappa shape index (κ1) is 13.5. The van der Waals surface area contributed by atoms with Crippen molar-refractivity contribution < 1.29 is 4.42 Å². The molecule has 1 aromatic carbocycles. The van der Waals surface area contributed by atoms with Crippen LogP contribution in [0.3, 0.4) is 0 Å². The summed E-state index contributed by atoms with van der Waals surface area (Å²) >= 11 is 0. The van der Waals surface area contributed by atoms with E-state index in [2.05, 4.69) is 35.5 Å². The van der Waals surface area contributed by atoms with Gasteiger partial charge >= 0.3 is 0 Å². The summed E-state index contributed by atoms with van der Waals surface area (Å²) < 4.78 is 7.45. The number of rotatable bonds is 4. The van der Waals surface area contributed by atoms with Gasteiger partial charge in [0.25, 0.3) is 0 Å². The maximum atomic E-state index is 5.60. The maximum Gasteiger partial charge on any atom is 0.106 e. The molecule has 0 spiro atoms. The minimum Gasteiger partial charge on any atom is -0.466 e. The van der Waals surface area contributed by atoms with E-state index in [1.807, 2.05) is 42.9 Å². The van der Waals surface area contributed by atoms with Gasteiger partial charge in [-0.05, 0) is 51.1 Å². The normalized spacial score (nSPS) is 12.3. The molecule has 4 nitrogen and oxygen atoms in total. The second kappa shape index (κ2) is 5.48. The zero-order chi connectivity index (χ0) is 14.8. The Morgan fingerprint density at radius 1 is 1.19 bits per heavy atom. The summed E-state index contributed by atoms with van der Waals surface area (Å²) in [5.74, 6) is 1.91. The molecule has 2 heterocycles. The first-order chi connectivity index (χ1) is 10.1. The number of hydrogen-bond donors (Lipinski definition) is 1. The van der Waals surface area contributed by atoms with Crippen molar-refractivity contribution >= 4 is 5.69 Å². The highest BCUT2D eigenvalue weighted by Crippen LogP contribution is 2.25. The van der Waals surface area contributed by atoms with Crippen LogP contribution < -0.4 is 5.32 Å². The van der Waals surface area contributed by atoms with Crippen molar-refractivity contribution in [3.05, 3.63) is 65.9 Å². The molecule has 0 amide bonds. The van der Waals surface area contributed by atoms with Crippen molar-refractivity contribution in [2.24, 2.45) is 0 Å². The highest BCUT2D eigenvalue weighted by molar-refractivity contribution is 5.52. The molecule has 1 N–H and O–H groups in total. The molecule has 0 aliphatic carbocycles. The summed E-state index contributed by atoms with van der Waals surface area (Å²) in [5.41, 5.74) is 3.29. The lowest BCUT2D eigenvalue weighted by Gasteiger charge is -2.15. The Labute approximate surface area is 124 Å². The van der Waals surface area contributed by atoms with E-state index >= 15 is 0 Å². The van der Waals surface area contributed by atoms with E-state index in [0.717, 1.165) is 22.9 Å². The molecular weight excluding hydrogens is 262 g/mol. The molecule has 21 heavy (non-hydrogen) atoms. The second-order valence-electron chi connectivity index (χ2n) is 5.24. The number of nitrogens with one attached hydrogen (secondary N) is 1. The quantitative estimate of drug-likeness (QED) is 0.777. The number of hydrogen-bond acceptors (Lipinski definition) is 3. The first-order valence-corrected chi connectivity index (χ1v) is 7.07. The van der Waals surface area contributed by atoms with Gasteiger partial charge in [-0.15, -0.1) is 0 Å². The summed E-state index contributed by atoms with van der Waals surface area (Å²) in [6, 6.07) is 12.4. The van der Waals surface area contributed by atoms with Gasteiger partial charge < -0.3 is 9.73 Å². The van der Waals surface area contributed by atoms with Crippen molar-refractivity contribution in [3.8, 4) is 5.69 Å². The first-order valence-electron chi connectivity index (χ1n) is 7.07. The van der Waals surface area contributed by atoms with Crippen molar-refractivity contribution in [3.63, 3.8) is 0 Å². The minimum absolute atomic E-state index is 0.190. The van der Waals surface area contributed by atoms with E-state index in [0.29, 0.717) is 0 Å². The second-order valence-corrected chi connectivity index (χ2v) is 5.24. The number of furan rings is 1. The van der Waals surface area contributed by atoms with Crippen LogP contribution in [-0.2, 0) is 0 Å². The number of aryl methyl sites for hydroxylation is 2. The molecule has 4 heteroatoms. The van der Waals surface area contributed by atoms with Crippen LogP contribution in [0.1, 0.15) is 30.0 Å². The third-order valence-corrected chi connectivity index (χ3v) is 3.54. The van der Waals surface area contributed by atoms with Crippen LogP contribution in [0.2, 0.25) is 0 Å². The summed E-state index contributed by atoms with van der Waals surface area (Å²) in [6.45, 7) is 6.11. The molecule has 1 unspecified atom stereocenters. The molecule has 0 saturated carbocycles. The van der Waals surface area contributed by atoms with Crippen molar-refractivity contribution in [1.29, 1.82) is 0 Å². The van der Waals surface area contributed by atoms with E-state index in [-0.39, 0.29) is 6.04 Å². The highest BCUT2D eigenvalue weighted by Gasteiger charge is 2.12. The van der Waals surface area contributed by atoms with E-state index in [1.54, 1.807) is 6.20 Å². The number of aromatic nitrogens is 2. The lowest BCUT2D eigenvalue weighted by Crippen LogP contribution is -2.07. The lowest BCUT2D eigenvalue weighted by molar-refractivity contribution is 0.500. The number of anilines is 1. The van der Waals surface area contributed by atoms with Crippen LogP contribution in [0, 0.1) is 13.8 Å². The van der Waals surface area contributed by atoms with Crippen LogP contribution in [0.5, 0.6) is 0 Å². The zero-order valence-corrected chi connectivity index (χ0v) is 12.5. The van der Waals surface area contributed by atoms with E-state index in [9.17, 15) is 0 Å². The van der Waals surface area contributed by atoms with E-state index in [4.69, 9.17) is 4.42 Å². The standard InChI is InChI=1S/C17H19N3O/c1-12-10-17(14(3)21-12)13(2)19-15-6-4-7-16(11-15)20-9-5-8-18-20/h4-11,13,19H,1-3H3. The lowest BCUT2D eigenvalue weighted by atomic mass is 10.1. The topological polar surface area (TPSA) is 43.0 Å². The molecule has 3 aromatic rings. The Morgan fingerprint density at radius 2 is 2.05 bits per heavy atom. The van der Waals surface area contributed by atoms with Crippen LogP contribution in [-0.4, -0.2) is 9.78 Å². The average Bonchev–Trinajstić information content (AvgIpc) is 3.08. The van der Waals surface area contributed by atoms with Gasteiger partial charge in [0.05, 0.1) is 11.7 Å². The van der Waals surface area contributed by atoms with E-state index < -0.39 is 0 Å². The predicted molar refractivity (Wildman–Crippen MR) is 83.8 cm³/mol. The number of benzene rings is 1. The predicted octanol–water partition coefficient (Wildman–Crippen LogP) is 4.26. The average molecular weight is 281 g/mol. The van der Waals surface area contributed by atoms with Crippen LogP contribution in [0.25, 0.3) is 5.69 Å². The van der Waals surface area contributed by atoms with Gasteiger partial charge in [0.2, 0.25) is 0 Å².